The van der Waals surface area contributed by atoms with Gasteiger partial charge in [-0.2, -0.15) is 12.7 Å². The molecule has 0 radical (unpaired) electrons. The van der Waals surface area contributed by atoms with E-state index in [1.54, 1.807) is 15.6 Å². The lowest BCUT2D eigenvalue weighted by Crippen LogP contribution is -2.50. The summed E-state index contributed by atoms with van der Waals surface area (Å²) in [6.07, 6.45) is 3.49. The fourth-order valence-corrected chi connectivity index (χ4v) is 6.62. The lowest BCUT2D eigenvalue weighted by Gasteiger charge is -2.37. The maximum Gasteiger partial charge on any atom is 0.279 e. The number of hydrogen-bond acceptors (Lipinski definition) is 4. The Hall–Kier alpha value is -0.470. The first-order valence-electron chi connectivity index (χ1n) is 9.87. The molecule has 0 aliphatic carbocycles. The molecule has 26 heavy (non-hydrogen) atoms. The standard InChI is InChI=1S/C19H33N3O2S2/c1-15-6-8-21(9-7-15)18(19-5-4-10-25-19)12-20-26(23,24)22-13-16(2)11-17(3)14-22/h4-5,10,15-18,20H,6-9,11-14H2,1-3H3. The summed E-state index contributed by atoms with van der Waals surface area (Å²) in [5.41, 5.74) is 0. The molecule has 2 aliphatic heterocycles. The molecule has 0 bridgehead atoms. The van der Waals surface area contributed by atoms with Gasteiger partial charge < -0.3 is 0 Å². The van der Waals surface area contributed by atoms with E-state index in [2.05, 4.69) is 47.9 Å². The van der Waals surface area contributed by atoms with Gasteiger partial charge in [-0.15, -0.1) is 11.3 Å². The van der Waals surface area contributed by atoms with Gasteiger partial charge >= 0.3 is 0 Å². The van der Waals surface area contributed by atoms with Gasteiger partial charge in [-0.25, -0.2) is 4.72 Å². The lowest BCUT2D eigenvalue weighted by molar-refractivity contribution is 0.140. The van der Waals surface area contributed by atoms with Gasteiger partial charge in [-0.3, -0.25) is 4.90 Å². The van der Waals surface area contributed by atoms with E-state index < -0.39 is 10.2 Å². The smallest absolute Gasteiger partial charge is 0.279 e. The molecule has 3 rings (SSSR count). The Morgan fingerprint density at radius 3 is 2.38 bits per heavy atom. The van der Waals surface area contributed by atoms with Crippen LogP contribution in [0.3, 0.4) is 0 Å². The maximum atomic E-state index is 12.9. The molecule has 2 saturated heterocycles. The van der Waals surface area contributed by atoms with Gasteiger partial charge in [0.05, 0.1) is 6.04 Å². The highest BCUT2D eigenvalue weighted by Gasteiger charge is 2.32. The number of nitrogens with one attached hydrogen (secondary N) is 1. The van der Waals surface area contributed by atoms with Gasteiger partial charge in [0.15, 0.2) is 0 Å². The van der Waals surface area contributed by atoms with E-state index in [1.807, 2.05) is 0 Å². The fourth-order valence-electron chi connectivity index (χ4n) is 4.31. The SMILES string of the molecule is CC1CCN(C(CNS(=O)(=O)N2CC(C)CC(C)C2)c2cccs2)CC1. The van der Waals surface area contributed by atoms with Gasteiger partial charge in [0.1, 0.15) is 0 Å². The van der Waals surface area contributed by atoms with Crippen LogP contribution in [0.2, 0.25) is 0 Å². The van der Waals surface area contributed by atoms with Crippen molar-refractivity contribution in [1.82, 2.24) is 13.9 Å². The summed E-state index contributed by atoms with van der Waals surface area (Å²) in [6.45, 7) is 10.4. The summed E-state index contributed by atoms with van der Waals surface area (Å²) in [5, 5.41) is 2.08. The Labute approximate surface area is 162 Å². The predicted octanol–water partition coefficient (Wildman–Crippen LogP) is 3.33. The minimum Gasteiger partial charge on any atom is -0.294 e. The summed E-state index contributed by atoms with van der Waals surface area (Å²) in [6, 6.07) is 4.33. The van der Waals surface area contributed by atoms with Crippen LogP contribution in [0.4, 0.5) is 0 Å². The lowest BCUT2D eigenvalue weighted by atomic mass is 9.94. The van der Waals surface area contributed by atoms with E-state index in [4.69, 9.17) is 0 Å². The Morgan fingerprint density at radius 2 is 1.81 bits per heavy atom. The molecule has 1 aromatic heterocycles. The van der Waals surface area contributed by atoms with Gasteiger partial charge in [0.2, 0.25) is 0 Å². The number of nitrogens with zero attached hydrogens (tertiary/aromatic N) is 2. The van der Waals surface area contributed by atoms with E-state index in [0.29, 0.717) is 31.5 Å². The highest BCUT2D eigenvalue weighted by atomic mass is 32.2. The molecule has 2 fully saturated rings. The average molecular weight is 400 g/mol. The van der Waals surface area contributed by atoms with Crippen LogP contribution in [0.15, 0.2) is 17.5 Å². The number of piperidine rings is 2. The molecule has 7 heteroatoms. The molecule has 1 N–H and O–H groups in total. The monoisotopic (exact) mass is 399 g/mol. The second kappa shape index (κ2) is 8.69. The number of hydrogen-bond donors (Lipinski definition) is 1. The first-order valence-corrected chi connectivity index (χ1v) is 12.2. The van der Waals surface area contributed by atoms with Crippen LogP contribution < -0.4 is 4.72 Å². The quantitative estimate of drug-likeness (QED) is 0.798. The van der Waals surface area contributed by atoms with Gasteiger partial charge in [0, 0.05) is 24.5 Å². The van der Waals surface area contributed by atoms with E-state index in [0.717, 1.165) is 25.4 Å². The largest absolute Gasteiger partial charge is 0.294 e. The van der Waals surface area contributed by atoms with Crippen molar-refractivity contribution in [3.05, 3.63) is 22.4 Å². The van der Waals surface area contributed by atoms with Crippen LogP contribution in [-0.4, -0.2) is 50.3 Å². The first-order chi connectivity index (χ1) is 12.3. The zero-order valence-corrected chi connectivity index (χ0v) is 17.9. The summed E-state index contributed by atoms with van der Waals surface area (Å²) in [4.78, 5) is 3.71. The molecule has 0 amide bonds. The summed E-state index contributed by atoms with van der Waals surface area (Å²) < 4.78 is 30.3. The van der Waals surface area contributed by atoms with Crippen LogP contribution >= 0.6 is 11.3 Å². The zero-order chi connectivity index (χ0) is 18.7. The van der Waals surface area contributed by atoms with Crippen molar-refractivity contribution in [2.75, 3.05) is 32.7 Å². The maximum absolute atomic E-state index is 12.9. The highest BCUT2D eigenvalue weighted by molar-refractivity contribution is 7.87. The summed E-state index contributed by atoms with van der Waals surface area (Å²) in [7, 11) is -3.42. The molecule has 5 nitrogen and oxygen atoms in total. The minimum absolute atomic E-state index is 0.136. The van der Waals surface area contributed by atoms with Crippen LogP contribution in [0, 0.1) is 17.8 Å². The van der Waals surface area contributed by atoms with E-state index in [-0.39, 0.29) is 6.04 Å². The molecule has 0 spiro atoms. The van der Waals surface area contributed by atoms with Crippen LogP contribution in [0.25, 0.3) is 0 Å². The number of likely N-dealkylation sites (tertiary alicyclic amines) is 1. The molecule has 3 heterocycles. The van der Waals surface area contributed by atoms with Crippen molar-refractivity contribution < 1.29 is 8.42 Å². The van der Waals surface area contributed by atoms with Crippen molar-refractivity contribution >= 4 is 21.5 Å². The van der Waals surface area contributed by atoms with Crippen molar-refractivity contribution in [3.8, 4) is 0 Å². The van der Waals surface area contributed by atoms with Gasteiger partial charge in [-0.05, 0) is 61.6 Å². The Kier molecular flexibility index (Phi) is 6.78. The van der Waals surface area contributed by atoms with Crippen LogP contribution in [0.1, 0.15) is 51.0 Å². The van der Waals surface area contributed by atoms with E-state index in [1.165, 1.54) is 17.7 Å². The molecule has 3 atom stereocenters. The second-order valence-corrected chi connectivity index (χ2v) is 11.1. The van der Waals surface area contributed by atoms with Crippen molar-refractivity contribution in [2.24, 2.45) is 17.8 Å². The third-order valence-electron chi connectivity index (χ3n) is 5.76. The molecule has 3 unspecified atom stereocenters. The van der Waals surface area contributed by atoms with Crippen LogP contribution in [-0.2, 0) is 10.2 Å². The molecule has 1 aromatic rings. The molecule has 0 saturated carbocycles. The van der Waals surface area contributed by atoms with E-state index in [9.17, 15) is 8.42 Å². The molecular formula is C19H33N3O2S2. The van der Waals surface area contributed by atoms with E-state index >= 15 is 0 Å². The predicted molar refractivity (Wildman–Crippen MR) is 108 cm³/mol. The average Bonchev–Trinajstić information content (AvgIpc) is 3.10. The second-order valence-electron chi connectivity index (χ2n) is 8.37. The molecule has 2 aliphatic rings. The van der Waals surface area contributed by atoms with Crippen LogP contribution in [0.5, 0.6) is 0 Å². The third-order valence-corrected chi connectivity index (χ3v) is 8.25. The third kappa shape index (κ3) is 5.07. The number of thiophene rings is 1. The molecule has 0 aromatic carbocycles. The zero-order valence-electron chi connectivity index (χ0n) is 16.2. The van der Waals surface area contributed by atoms with Crippen molar-refractivity contribution in [1.29, 1.82) is 0 Å². The first kappa shape index (κ1) is 20.3. The molecular weight excluding hydrogens is 366 g/mol. The normalized spacial score (nSPS) is 28.3. The summed E-state index contributed by atoms with van der Waals surface area (Å²) in [5.74, 6) is 1.61. The highest BCUT2D eigenvalue weighted by Crippen LogP contribution is 2.29. The topological polar surface area (TPSA) is 52.7 Å². The van der Waals surface area contributed by atoms with Gasteiger partial charge in [0.25, 0.3) is 10.2 Å². The Bertz CT molecular complexity index is 644. The van der Waals surface area contributed by atoms with Gasteiger partial charge in [-0.1, -0.05) is 26.8 Å². The Morgan fingerprint density at radius 1 is 1.15 bits per heavy atom. The minimum atomic E-state index is -3.42. The van der Waals surface area contributed by atoms with Crippen molar-refractivity contribution in [2.45, 2.75) is 46.1 Å². The number of rotatable bonds is 6. The van der Waals surface area contributed by atoms with Crippen molar-refractivity contribution in [3.63, 3.8) is 0 Å². The fraction of sp³-hybridized carbons (Fsp3) is 0.789. The molecule has 148 valence electrons. The summed E-state index contributed by atoms with van der Waals surface area (Å²) >= 11 is 1.72. The Balaban J connectivity index is 1.67.